The molecule has 2 N–H and O–H groups in total. The number of nitrogens with zero attached hydrogens (tertiary/aromatic N) is 2. The average Bonchev–Trinajstić information content (AvgIpc) is 2.31. The first-order valence-electron chi connectivity index (χ1n) is 5.40. The largest absolute Gasteiger partial charge is 0.449 e. The molecule has 1 aliphatic rings. The molecule has 0 bridgehead atoms. The molecule has 5 heteroatoms. The van der Waals surface area contributed by atoms with E-state index in [2.05, 4.69) is 0 Å². The molecule has 0 saturated carbocycles. The van der Waals surface area contributed by atoms with Gasteiger partial charge >= 0.3 is 5.91 Å². The Morgan fingerprint density at radius 2 is 2.00 bits per heavy atom. The first-order chi connectivity index (χ1) is 8.03. The van der Waals surface area contributed by atoms with Gasteiger partial charge in [0.2, 0.25) is 0 Å². The van der Waals surface area contributed by atoms with E-state index in [9.17, 15) is 0 Å². The van der Waals surface area contributed by atoms with Gasteiger partial charge in [-0.15, -0.1) is 0 Å². The van der Waals surface area contributed by atoms with Crippen LogP contribution in [0.5, 0.6) is 0 Å². The molecule has 1 unspecified atom stereocenters. The Balaban J connectivity index is 3.41. The number of ether oxygens (including phenoxy) is 2. The predicted molar refractivity (Wildman–Crippen MR) is 60.9 cm³/mol. The van der Waals surface area contributed by atoms with E-state index < -0.39 is 5.91 Å². The summed E-state index contributed by atoms with van der Waals surface area (Å²) in [7, 11) is 0. The summed E-state index contributed by atoms with van der Waals surface area (Å²) in [6.45, 7) is 5.66. The number of rotatable bonds is 3. The van der Waals surface area contributed by atoms with Gasteiger partial charge in [0, 0.05) is 12.0 Å². The second-order valence-electron chi connectivity index (χ2n) is 3.58. The molecule has 90 valence electrons. The summed E-state index contributed by atoms with van der Waals surface area (Å²) in [6, 6.07) is 3.90. The van der Waals surface area contributed by atoms with Gasteiger partial charge in [-0.25, -0.2) is 0 Å². The van der Waals surface area contributed by atoms with Gasteiger partial charge in [-0.2, -0.15) is 10.5 Å². The fraction of sp³-hybridized carbons (Fsp3) is 0.500. The van der Waals surface area contributed by atoms with Crippen LogP contribution in [0.4, 0.5) is 0 Å². The van der Waals surface area contributed by atoms with Crippen molar-refractivity contribution in [2.45, 2.75) is 33.1 Å². The van der Waals surface area contributed by atoms with E-state index in [1.54, 1.807) is 13.8 Å². The van der Waals surface area contributed by atoms with E-state index >= 15 is 0 Å². The Bertz CT molecular complexity index is 465. The van der Waals surface area contributed by atoms with Crippen LogP contribution in [0.3, 0.4) is 0 Å². The van der Waals surface area contributed by atoms with Crippen LogP contribution in [0.2, 0.25) is 0 Å². The molecule has 1 heterocycles. The lowest BCUT2D eigenvalue weighted by Gasteiger charge is -2.34. The second-order valence-corrected chi connectivity index (χ2v) is 3.58. The first kappa shape index (κ1) is 13.2. The first-order valence-corrected chi connectivity index (χ1v) is 5.40. The standard InChI is InChI=1S/C12H15N3O2/c1-4-11-8(3)9(6-13)10(7-14)12(15,17-11)16-5-2/h4-5,15H2,1-3H3. The Morgan fingerprint density at radius 3 is 2.41 bits per heavy atom. The highest BCUT2D eigenvalue weighted by molar-refractivity contribution is 5.54. The van der Waals surface area contributed by atoms with Crippen molar-refractivity contribution in [3.05, 3.63) is 22.5 Å². The van der Waals surface area contributed by atoms with E-state index in [0.29, 0.717) is 17.8 Å². The Kier molecular flexibility index (Phi) is 3.90. The predicted octanol–water partition coefficient (Wildman–Crippen LogP) is 1.69. The van der Waals surface area contributed by atoms with Gasteiger partial charge in [0.05, 0.1) is 12.2 Å². The second kappa shape index (κ2) is 5.01. The molecule has 0 radical (unpaired) electrons. The molecule has 1 rings (SSSR count). The van der Waals surface area contributed by atoms with Crippen LogP contribution in [0.15, 0.2) is 22.5 Å². The summed E-state index contributed by atoms with van der Waals surface area (Å²) in [5, 5.41) is 18.2. The van der Waals surface area contributed by atoms with Crippen LogP contribution in [-0.2, 0) is 9.47 Å². The summed E-state index contributed by atoms with van der Waals surface area (Å²) in [5.41, 5.74) is 6.82. The van der Waals surface area contributed by atoms with E-state index in [1.807, 2.05) is 19.1 Å². The molecule has 0 amide bonds. The Labute approximate surface area is 101 Å². The summed E-state index contributed by atoms with van der Waals surface area (Å²) < 4.78 is 10.8. The maximum absolute atomic E-state index is 9.12. The smallest absolute Gasteiger partial charge is 0.307 e. The summed E-state index contributed by atoms with van der Waals surface area (Å²) in [4.78, 5) is 0. The summed E-state index contributed by atoms with van der Waals surface area (Å²) in [5.74, 6) is -1.06. The lowest BCUT2D eigenvalue weighted by molar-refractivity contribution is -0.183. The average molecular weight is 233 g/mol. The van der Waals surface area contributed by atoms with Crippen LogP contribution in [0.25, 0.3) is 0 Å². The minimum atomic E-state index is -1.64. The normalized spacial score (nSPS) is 24.1. The molecule has 1 atom stereocenters. The van der Waals surface area contributed by atoms with Gasteiger partial charge in [-0.05, 0) is 13.8 Å². The monoisotopic (exact) mass is 233 g/mol. The fourth-order valence-electron chi connectivity index (χ4n) is 1.74. The lowest BCUT2D eigenvalue weighted by atomic mass is 9.96. The zero-order valence-corrected chi connectivity index (χ0v) is 10.2. The number of hydrogen-bond acceptors (Lipinski definition) is 5. The van der Waals surface area contributed by atoms with Crippen molar-refractivity contribution in [1.29, 1.82) is 10.5 Å². The highest BCUT2D eigenvalue weighted by Crippen LogP contribution is 2.35. The fourth-order valence-corrected chi connectivity index (χ4v) is 1.74. The minimum Gasteiger partial charge on any atom is -0.449 e. The van der Waals surface area contributed by atoms with E-state index in [1.165, 1.54) is 0 Å². The Morgan fingerprint density at radius 1 is 1.35 bits per heavy atom. The van der Waals surface area contributed by atoms with Crippen molar-refractivity contribution in [3.63, 3.8) is 0 Å². The number of hydrogen-bond donors (Lipinski definition) is 1. The van der Waals surface area contributed by atoms with Crippen LogP contribution < -0.4 is 5.73 Å². The van der Waals surface area contributed by atoms with Gasteiger partial charge < -0.3 is 9.47 Å². The van der Waals surface area contributed by atoms with Crippen molar-refractivity contribution < 1.29 is 9.47 Å². The van der Waals surface area contributed by atoms with Crippen molar-refractivity contribution in [2.24, 2.45) is 5.73 Å². The molecule has 0 aliphatic carbocycles. The van der Waals surface area contributed by atoms with Crippen molar-refractivity contribution in [2.75, 3.05) is 6.61 Å². The van der Waals surface area contributed by atoms with Crippen LogP contribution >= 0.6 is 0 Å². The zero-order valence-electron chi connectivity index (χ0n) is 10.2. The molecule has 5 nitrogen and oxygen atoms in total. The number of allylic oxidation sites excluding steroid dienone is 3. The summed E-state index contributed by atoms with van der Waals surface area (Å²) >= 11 is 0. The molecule has 0 aromatic heterocycles. The van der Waals surface area contributed by atoms with Crippen molar-refractivity contribution in [1.82, 2.24) is 0 Å². The van der Waals surface area contributed by atoms with E-state index in [-0.39, 0.29) is 17.8 Å². The van der Waals surface area contributed by atoms with Gasteiger partial charge in [0.25, 0.3) is 0 Å². The molecule has 1 aliphatic heterocycles. The van der Waals surface area contributed by atoms with E-state index in [0.717, 1.165) is 0 Å². The van der Waals surface area contributed by atoms with Gasteiger partial charge in [-0.1, -0.05) is 6.92 Å². The quantitative estimate of drug-likeness (QED) is 0.749. The molecule has 0 fully saturated rings. The minimum absolute atomic E-state index is 0.0246. The number of nitrogens with two attached hydrogens (primary N) is 1. The zero-order chi connectivity index (χ0) is 13.1. The van der Waals surface area contributed by atoms with Gasteiger partial charge in [-0.3, -0.25) is 5.73 Å². The third-order valence-electron chi connectivity index (χ3n) is 2.57. The van der Waals surface area contributed by atoms with Crippen LogP contribution in [-0.4, -0.2) is 12.5 Å². The SMILES string of the molecule is CCOC1(N)OC(CC)=C(C)C(C#N)=C1C#N. The molecule has 0 saturated heterocycles. The van der Waals surface area contributed by atoms with Gasteiger partial charge in [0.15, 0.2) is 0 Å². The lowest BCUT2D eigenvalue weighted by Crippen LogP contribution is -2.49. The third kappa shape index (κ3) is 2.16. The van der Waals surface area contributed by atoms with Gasteiger partial charge in [0.1, 0.15) is 23.5 Å². The molecule has 17 heavy (non-hydrogen) atoms. The van der Waals surface area contributed by atoms with Crippen molar-refractivity contribution >= 4 is 0 Å². The molecular weight excluding hydrogens is 218 g/mol. The third-order valence-corrected chi connectivity index (χ3v) is 2.57. The number of nitriles is 2. The van der Waals surface area contributed by atoms with Crippen molar-refractivity contribution in [3.8, 4) is 12.1 Å². The molecule has 0 spiro atoms. The van der Waals surface area contributed by atoms with Crippen LogP contribution in [0, 0.1) is 22.7 Å². The highest BCUT2D eigenvalue weighted by atomic mass is 16.7. The molecular formula is C12H15N3O2. The highest BCUT2D eigenvalue weighted by Gasteiger charge is 2.41. The molecule has 0 aromatic carbocycles. The van der Waals surface area contributed by atoms with Crippen LogP contribution in [0.1, 0.15) is 27.2 Å². The maximum atomic E-state index is 9.12. The maximum Gasteiger partial charge on any atom is 0.307 e. The topological polar surface area (TPSA) is 92.1 Å². The Hall–Kier alpha value is -1.82. The molecule has 0 aromatic rings. The van der Waals surface area contributed by atoms with E-state index in [4.69, 9.17) is 25.7 Å². The summed E-state index contributed by atoms with van der Waals surface area (Å²) in [6.07, 6.45) is 0.585.